The average molecular weight is 197 g/mol. The van der Waals surface area contributed by atoms with Gasteiger partial charge >= 0.3 is 0 Å². The molecule has 0 aromatic carbocycles. The predicted molar refractivity (Wildman–Crippen MR) is 54.1 cm³/mol. The molecule has 2 saturated heterocycles. The molecule has 14 heavy (non-hydrogen) atoms. The predicted octanol–water partition coefficient (Wildman–Crippen LogP) is 0.982. The number of hydrogen-bond acceptors (Lipinski definition) is 3. The summed E-state index contributed by atoms with van der Waals surface area (Å²) < 4.78 is 5.23. The molecular formula is C11H19NO2. The highest BCUT2D eigenvalue weighted by Gasteiger charge is 2.26. The minimum absolute atomic E-state index is 0.205. The maximum absolute atomic E-state index is 11.8. The van der Waals surface area contributed by atoms with Gasteiger partial charge in [0.2, 0.25) is 0 Å². The summed E-state index contributed by atoms with van der Waals surface area (Å²) in [5.74, 6) is 1.21. The minimum atomic E-state index is 0.205. The van der Waals surface area contributed by atoms with E-state index in [1.807, 2.05) is 0 Å². The number of carbonyl (C=O) groups excluding carboxylic acids is 1. The highest BCUT2D eigenvalue weighted by molar-refractivity contribution is 5.81. The first kappa shape index (κ1) is 10.1. The molecular weight excluding hydrogens is 178 g/mol. The third-order valence-electron chi connectivity index (χ3n) is 3.27. The van der Waals surface area contributed by atoms with E-state index in [-0.39, 0.29) is 5.92 Å². The first-order valence-electron chi connectivity index (χ1n) is 5.67. The van der Waals surface area contributed by atoms with Gasteiger partial charge in [0.25, 0.3) is 0 Å². The lowest BCUT2D eigenvalue weighted by Crippen LogP contribution is -2.32. The molecule has 0 spiro atoms. The van der Waals surface area contributed by atoms with Crippen molar-refractivity contribution in [3.8, 4) is 0 Å². The van der Waals surface area contributed by atoms with Crippen molar-refractivity contribution < 1.29 is 9.53 Å². The molecule has 3 nitrogen and oxygen atoms in total. The Labute approximate surface area is 85.2 Å². The van der Waals surface area contributed by atoms with Gasteiger partial charge in [0.1, 0.15) is 5.78 Å². The molecule has 0 amide bonds. The fourth-order valence-corrected chi connectivity index (χ4v) is 2.34. The SMILES string of the molecule is O=C(CC1CCCNC1)C1CCOC1. The van der Waals surface area contributed by atoms with Crippen molar-refractivity contribution >= 4 is 5.78 Å². The number of carbonyl (C=O) groups is 1. The molecule has 0 aromatic heterocycles. The van der Waals surface area contributed by atoms with Crippen LogP contribution in [0, 0.1) is 11.8 Å². The summed E-state index contributed by atoms with van der Waals surface area (Å²) in [6.45, 7) is 3.59. The van der Waals surface area contributed by atoms with Gasteiger partial charge in [-0.2, -0.15) is 0 Å². The zero-order chi connectivity index (χ0) is 9.80. The van der Waals surface area contributed by atoms with Crippen molar-refractivity contribution in [2.45, 2.75) is 25.7 Å². The van der Waals surface area contributed by atoms with Crippen LogP contribution in [-0.4, -0.2) is 32.1 Å². The molecule has 0 saturated carbocycles. The third kappa shape index (κ3) is 2.55. The maximum atomic E-state index is 11.8. The number of piperidine rings is 1. The fraction of sp³-hybridized carbons (Fsp3) is 0.909. The van der Waals surface area contributed by atoms with Crippen LogP contribution in [0.1, 0.15) is 25.7 Å². The number of ether oxygens (including phenoxy) is 1. The number of Topliss-reactive ketones (excluding diaryl/α,β-unsaturated/α-hetero) is 1. The molecule has 1 N–H and O–H groups in total. The van der Waals surface area contributed by atoms with Crippen molar-refractivity contribution in [3.05, 3.63) is 0 Å². The molecule has 3 heteroatoms. The van der Waals surface area contributed by atoms with Gasteiger partial charge in [-0.25, -0.2) is 0 Å². The van der Waals surface area contributed by atoms with Gasteiger partial charge in [0.05, 0.1) is 6.61 Å². The van der Waals surface area contributed by atoms with E-state index in [9.17, 15) is 4.79 Å². The molecule has 0 aliphatic carbocycles. The second-order valence-corrected chi connectivity index (χ2v) is 4.44. The van der Waals surface area contributed by atoms with Crippen LogP contribution in [-0.2, 0) is 9.53 Å². The summed E-state index contributed by atoms with van der Waals surface area (Å²) in [5, 5.41) is 3.35. The summed E-state index contributed by atoms with van der Waals surface area (Å²) in [5.41, 5.74) is 0. The zero-order valence-electron chi connectivity index (χ0n) is 8.63. The molecule has 2 atom stereocenters. The van der Waals surface area contributed by atoms with Crippen LogP contribution >= 0.6 is 0 Å². The lowest BCUT2D eigenvalue weighted by molar-refractivity contribution is -0.123. The van der Waals surface area contributed by atoms with Gasteiger partial charge in [-0.1, -0.05) is 0 Å². The lowest BCUT2D eigenvalue weighted by atomic mass is 9.89. The third-order valence-corrected chi connectivity index (χ3v) is 3.27. The largest absolute Gasteiger partial charge is 0.381 e. The smallest absolute Gasteiger partial charge is 0.138 e. The summed E-state index contributed by atoms with van der Waals surface area (Å²) in [7, 11) is 0. The first-order chi connectivity index (χ1) is 6.86. The number of ketones is 1. The van der Waals surface area contributed by atoms with Gasteiger partial charge in [0.15, 0.2) is 0 Å². The normalized spacial score (nSPS) is 33.1. The molecule has 2 aliphatic heterocycles. The quantitative estimate of drug-likeness (QED) is 0.733. The minimum Gasteiger partial charge on any atom is -0.381 e. The highest BCUT2D eigenvalue weighted by Crippen LogP contribution is 2.21. The summed E-state index contributed by atoms with van der Waals surface area (Å²) in [6, 6.07) is 0. The van der Waals surface area contributed by atoms with Crippen molar-refractivity contribution in [2.24, 2.45) is 11.8 Å². The van der Waals surface area contributed by atoms with E-state index < -0.39 is 0 Å². The van der Waals surface area contributed by atoms with Crippen LogP contribution in [0.2, 0.25) is 0 Å². The van der Waals surface area contributed by atoms with E-state index >= 15 is 0 Å². The summed E-state index contributed by atoms with van der Waals surface area (Å²) >= 11 is 0. The van der Waals surface area contributed by atoms with E-state index in [0.717, 1.165) is 32.5 Å². The van der Waals surface area contributed by atoms with Crippen LogP contribution in [0.5, 0.6) is 0 Å². The maximum Gasteiger partial charge on any atom is 0.138 e. The topological polar surface area (TPSA) is 38.3 Å². The van der Waals surface area contributed by atoms with E-state index in [2.05, 4.69) is 5.32 Å². The lowest BCUT2D eigenvalue weighted by Gasteiger charge is -2.22. The van der Waals surface area contributed by atoms with Gasteiger partial charge in [-0.05, 0) is 38.3 Å². The van der Waals surface area contributed by atoms with Gasteiger partial charge in [-0.3, -0.25) is 4.79 Å². The van der Waals surface area contributed by atoms with Crippen LogP contribution in [0.3, 0.4) is 0 Å². The Morgan fingerprint density at radius 1 is 1.43 bits per heavy atom. The average Bonchev–Trinajstić information content (AvgIpc) is 2.72. The van der Waals surface area contributed by atoms with E-state index in [0.29, 0.717) is 18.3 Å². The molecule has 80 valence electrons. The monoisotopic (exact) mass is 197 g/mol. The molecule has 0 bridgehead atoms. The van der Waals surface area contributed by atoms with E-state index in [1.165, 1.54) is 12.8 Å². The first-order valence-corrected chi connectivity index (χ1v) is 5.67. The van der Waals surface area contributed by atoms with Crippen LogP contribution < -0.4 is 5.32 Å². The number of hydrogen-bond donors (Lipinski definition) is 1. The van der Waals surface area contributed by atoms with Crippen molar-refractivity contribution in [1.29, 1.82) is 0 Å². The second kappa shape index (κ2) is 4.89. The zero-order valence-corrected chi connectivity index (χ0v) is 8.63. The molecule has 2 aliphatic rings. The van der Waals surface area contributed by atoms with Gasteiger partial charge in [-0.15, -0.1) is 0 Å². The Morgan fingerprint density at radius 3 is 3.00 bits per heavy atom. The molecule has 2 rings (SSSR count). The van der Waals surface area contributed by atoms with Crippen molar-refractivity contribution in [1.82, 2.24) is 5.32 Å². The van der Waals surface area contributed by atoms with E-state index in [1.54, 1.807) is 0 Å². The fourth-order valence-electron chi connectivity index (χ4n) is 2.34. The highest BCUT2D eigenvalue weighted by atomic mass is 16.5. The molecule has 2 unspecified atom stereocenters. The summed E-state index contributed by atoms with van der Waals surface area (Å²) in [4.78, 5) is 11.8. The summed E-state index contributed by atoms with van der Waals surface area (Å²) in [6.07, 6.45) is 4.14. The van der Waals surface area contributed by atoms with Gasteiger partial charge < -0.3 is 10.1 Å². The van der Waals surface area contributed by atoms with Gasteiger partial charge in [0, 0.05) is 18.9 Å². The molecule has 0 radical (unpaired) electrons. The molecule has 0 aromatic rings. The standard InChI is InChI=1S/C11H19NO2/c13-11(10-3-5-14-8-10)6-9-2-1-4-12-7-9/h9-10,12H,1-8H2. The number of rotatable bonds is 3. The Bertz CT molecular complexity index is 193. The molecule has 2 heterocycles. The van der Waals surface area contributed by atoms with Crippen LogP contribution in [0.4, 0.5) is 0 Å². The Morgan fingerprint density at radius 2 is 2.36 bits per heavy atom. The Balaban J connectivity index is 1.75. The second-order valence-electron chi connectivity index (χ2n) is 4.44. The Hall–Kier alpha value is -0.410. The van der Waals surface area contributed by atoms with Crippen molar-refractivity contribution in [2.75, 3.05) is 26.3 Å². The van der Waals surface area contributed by atoms with Crippen molar-refractivity contribution in [3.63, 3.8) is 0 Å². The van der Waals surface area contributed by atoms with E-state index in [4.69, 9.17) is 4.74 Å². The number of nitrogens with one attached hydrogen (secondary N) is 1. The Kier molecular flexibility index (Phi) is 3.54. The van der Waals surface area contributed by atoms with Crippen LogP contribution in [0.25, 0.3) is 0 Å². The molecule has 2 fully saturated rings. The van der Waals surface area contributed by atoms with Crippen LogP contribution in [0.15, 0.2) is 0 Å².